The lowest BCUT2D eigenvalue weighted by Gasteiger charge is -2.18. The Bertz CT molecular complexity index is 324. The van der Waals surface area contributed by atoms with Crippen LogP contribution in [-0.2, 0) is 0 Å². The summed E-state index contributed by atoms with van der Waals surface area (Å²) in [7, 11) is 0. The van der Waals surface area contributed by atoms with Gasteiger partial charge in [0.1, 0.15) is 0 Å². The number of hydrogen-bond donors (Lipinski definition) is 0. The fourth-order valence-corrected chi connectivity index (χ4v) is 1.57. The van der Waals surface area contributed by atoms with Gasteiger partial charge in [0.2, 0.25) is 0 Å². The van der Waals surface area contributed by atoms with Crippen LogP contribution < -0.4 is 0 Å². The van der Waals surface area contributed by atoms with Gasteiger partial charge in [0, 0.05) is 11.8 Å². The van der Waals surface area contributed by atoms with Gasteiger partial charge in [-0.2, -0.15) is 20.8 Å². The average molecular weight is 289 g/mol. The maximum Gasteiger partial charge on any atom is 0.164 e. The van der Waals surface area contributed by atoms with Crippen LogP contribution in [0.25, 0.3) is 0 Å². The second kappa shape index (κ2) is 8.29. The quantitative estimate of drug-likeness (QED) is 0.499. The molecule has 100 valence electrons. The Labute approximate surface area is 119 Å². The largest absolute Gasteiger partial charge is 0.196 e. The first kappa shape index (κ1) is 17.2. The van der Waals surface area contributed by atoms with Crippen molar-refractivity contribution < 1.29 is 0 Å². The number of azo groups is 1. The zero-order valence-corrected chi connectivity index (χ0v) is 12.3. The molecular formula is C12H18Cl2N4. The van der Waals surface area contributed by atoms with Gasteiger partial charge < -0.3 is 0 Å². The van der Waals surface area contributed by atoms with Crippen LogP contribution in [0.2, 0.25) is 0 Å². The van der Waals surface area contributed by atoms with E-state index >= 15 is 0 Å². The van der Waals surface area contributed by atoms with Gasteiger partial charge in [-0.25, -0.2) is 0 Å². The summed E-state index contributed by atoms with van der Waals surface area (Å²) in [6.07, 6.45) is 2.45. The lowest BCUT2D eigenvalue weighted by molar-refractivity contribution is 0.447. The van der Waals surface area contributed by atoms with Crippen LogP contribution in [0.4, 0.5) is 0 Å². The molecule has 0 aliphatic heterocycles. The van der Waals surface area contributed by atoms with Gasteiger partial charge in [-0.1, -0.05) is 0 Å². The van der Waals surface area contributed by atoms with Crippen LogP contribution in [-0.4, -0.2) is 22.8 Å². The Balaban J connectivity index is 4.75. The van der Waals surface area contributed by atoms with Crippen LogP contribution in [0.3, 0.4) is 0 Å². The predicted octanol–water partition coefficient (Wildman–Crippen LogP) is 4.04. The highest BCUT2D eigenvalue weighted by molar-refractivity contribution is 6.18. The van der Waals surface area contributed by atoms with Crippen molar-refractivity contribution in [2.75, 3.05) is 11.8 Å². The molecule has 6 heteroatoms. The maximum atomic E-state index is 9.11. The Hall–Kier alpha value is -0.840. The molecular weight excluding hydrogens is 271 g/mol. The molecule has 4 nitrogen and oxygen atoms in total. The molecule has 0 aromatic rings. The normalized spacial score (nSPS) is 17.7. The third-order valence-corrected chi connectivity index (χ3v) is 3.10. The number of hydrogen-bond acceptors (Lipinski definition) is 4. The van der Waals surface area contributed by atoms with Crippen LogP contribution in [0, 0.1) is 22.7 Å². The summed E-state index contributed by atoms with van der Waals surface area (Å²) in [6, 6.07) is 4.22. The van der Waals surface area contributed by atoms with Crippen molar-refractivity contribution in [3.8, 4) is 12.1 Å². The molecule has 18 heavy (non-hydrogen) atoms. The minimum Gasteiger partial charge on any atom is -0.196 e. The molecule has 0 aliphatic rings. The molecule has 0 fully saturated rings. The number of nitrogens with zero attached hydrogens (tertiary/aromatic N) is 4. The molecule has 0 saturated carbocycles. The summed E-state index contributed by atoms with van der Waals surface area (Å²) in [5, 5.41) is 26.3. The second-order valence-electron chi connectivity index (χ2n) is 4.56. The molecule has 2 atom stereocenters. The number of alkyl halides is 2. The molecule has 0 radical (unpaired) electrons. The highest BCUT2D eigenvalue weighted by Gasteiger charge is 2.27. The van der Waals surface area contributed by atoms with E-state index < -0.39 is 11.1 Å². The monoisotopic (exact) mass is 288 g/mol. The molecule has 0 aromatic heterocycles. The van der Waals surface area contributed by atoms with Crippen molar-refractivity contribution in [3.05, 3.63) is 0 Å². The Morgan fingerprint density at radius 3 is 1.44 bits per heavy atom. The lowest BCUT2D eigenvalue weighted by Crippen LogP contribution is -2.24. The minimum absolute atomic E-state index is 0.481. The average Bonchev–Trinajstić information content (AvgIpc) is 2.40. The van der Waals surface area contributed by atoms with Gasteiger partial charge in [0.25, 0.3) is 0 Å². The van der Waals surface area contributed by atoms with Crippen molar-refractivity contribution in [3.63, 3.8) is 0 Å². The molecule has 0 aliphatic carbocycles. The predicted molar refractivity (Wildman–Crippen MR) is 72.8 cm³/mol. The smallest absolute Gasteiger partial charge is 0.164 e. The van der Waals surface area contributed by atoms with Crippen molar-refractivity contribution in [1.29, 1.82) is 10.5 Å². The summed E-state index contributed by atoms with van der Waals surface area (Å²) < 4.78 is 0. The number of nitriles is 2. The van der Waals surface area contributed by atoms with Gasteiger partial charge in [0.05, 0.1) is 12.1 Å². The van der Waals surface area contributed by atoms with Gasteiger partial charge in [-0.3, -0.25) is 0 Å². The third kappa shape index (κ3) is 6.19. The fourth-order valence-electron chi connectivity index (χ4n) is 1.30. The molecule has 0 aromatic carbocycles. The first-order valence-corrected chi connectivity index (χ1v) is 6.91. The van der Waals surface area contributed by atoms with E-state index in [4.69, 9.17) is 33.7 Å². The summed E-state index contributed by atoms with van der Waals surface area (Å²) >= 11 is 11.2. The van der Waals surface area contributed by atoms with Gasteiger partial charge in [-0.15, -0.1) is 23.2 Å². The molecule has 0 rings (SSSR count). The van der Waals surface area contributed by atoms with Crippen molar-refractivity contribution in [2.24, 2.45) is 10.2 Å². The highest BCUT2D eigenvalue weighted by atomic mass is 35.5. The van der Waals surface area contributed by atoms with E-state index in [1.54, 1.807) is 13.8 Å². The molecule has 0 amide bonds. The van der Waals surface area contributed by atoms with Crippen LogP contribution in [0.5, 0.6) is 0 Å². The minimum atomic E-state index is -0.909. The highest BCUT2D eigenvalue weighted by Crippen LogP contribution is 2.23. The van der Waals surface area contributed by atoms with E-state index in [0.29, 0.717) is 37.4 Å². The zero-order chi connectivity index (χ0) is 14.1. The summed E-state index contributed by atoms with van der Waals surface area (Å²) in [5.74, 6) is 0.961. The van der Waals surface area contributed by atoms with Crippen molar-refractivity contribution >= 4 is 23.2 Å². The lowest BCUT2D eigenvalue weighted by atomic mass is 9.98. The number of halogens is 2. The maximum absolute atomic E-state index is 9.11. The number of rotatable bonds is 8. The van der Waals surface area contributed by atoms with Gasteiger partial charge in [-0.05, 0) is 39.5 Å². The van der Waals surface area contributed by atoms with Crippen LogP contribution >= 0.6 is 23.2 Å². The van der Waals surface area contributed by atoms with Gasteiger partial charge >= 0.3 is 0 Å². The van der Waals surface area contributed by atoms with E-state index in [1.807, 2.05) is 0 Å². The molecule has 0 spiro atoms. The Kier molecular flexibility index (Phi) is 7.91. The molecule has 2 unspecified atom stereocenters. The fraction of sp³-hybridized carbons (Fsp3) is 0.833. The second-order valence-corrected chi connectivity index (χ2v) is 5.31. The van der Waals surface area contributed by atoms with Crippen LogP contribution in [0.1, 0.15) is 39.5 Å². The topological polar surface area (TPSA) is 72.3 Å². The van der Waals surface area contributed by atoms with Gasteiger partial charge in [0.15, 0.2) is 11.1 Å². The zero-order valence-electron chi connectivity index (χ0n) is 10.8. The summed E-state index contributed by atoms with van der Waals surface area (Å²) in [4.78, 5) is 0. The SMILES string of the molecule is CC(C#N)(CCCCl)N=NC(C)(C#N)CCCCl. The van der Waals surface area contributed by atoms with E-state index in [1.165, 1.54) is 0 Å². The van der Waals surface area contributed by atoms with E-state index in [0.717, 1.165) is 0 Å². The van der Waals surface area contributed by atoms with E-state index in [9.17, 15) is 0 Å². The van der Waals surface area contributed by atoms with Crippen molar-refractivity contribution in [1.82, 2.24) is 0 Å². The molecule has 0 bridgehead atoms. The van der Waals surface area contributed by atoms with Crippen LogP contribution in [0.15, 0.2) is 10.2 Å². The summed E-state index contributed by atoms with van der Waals surface area (Å²) in [6.45, 7) is 3.39. The molecule has 0 saturated heterocycles. The van der Waals surface area contributed by atoms with Crippen molar-refractivity contribution in [2.45, 2.75) is 50.6 Å². The summed E-state index contributed by atoms with van der Waals surface area (Å²) in [5.41, 5.74) is -1.82. The first-order chi connectivity index (χ1) is 8.45. The standard InChI is InChI=1S/C12H18Cl2N4/c1-11(9-15,5-3-7-13)17-18-12(2,10-16)6-4-8-14/h3-8H2,1-2H3. The van der Waals surface area contributed by atoms with E-state index in [-0.39, 0.29) is 0 Å². The Morgan fingerprint density at radius 2 is 1.22 bits per heavy atom. The first-order valence-electron chi connectivity index (χ1n) is 5.84. The molecule has 0 heterocycles. The van der Waals surface area contributed by atoms with E-state index in [2.05, 4.69) is 22.4 Å². The third-order valence-electron chi connectivity index (χ3n) is 2.57. The Morgan fingerprint density at radius 1 is 0.889 bits per heavy atom. The molecule has 0 N–H and O–H groups in total.